The number of carbonyl (C=O) groups excluding carboxylic acids is 1. The van der Waals surface area contributed by atoms with Gasteiger partial charge in [-0.25, -0.2) is 0 Å². The number of para-hydroxylation sites is 1. The van der Waals surface area contributed by atoms with Gasteiger partial charge < -0.3 is 16.2 Å². The molecule has 0 unspecified atom stereocenters. The zero-order valence-electron chi connectivity index (χ0n) is 9.87. The molecule has 0 saturated heterocycles. The van der Waals surface area contributed by atoms with Gasteiger partial charge in [0.1, 0.15) is 5.75 Å². The molecular weight excluding hydrogens is 204 g/mol. The molecule has 0 saturated carbocycles. The minimum Gasteiger partial charge on any atom is -0.507 e. The van der Waals surface area contributed by atoms with E-state index in [0.29, 0.717) is 12.1 Å². The molecule has 0 bridgehead atoms. The van der Waals surface area contributed by atoms with Crippen molar-refractivity contribution in [2.75, 3.05) is 6.54 Å². The van der Waals surface area contributed by atoms with Crippen molar-refractivity contribution in [3.05, 3.63) is 29.3 Å². The van der Waals surface area contributed by atoms with Crippen LogP contribution in [0.3, 0.4) is 0 Å². The number of benzene rings is 1. The lowest BCUT2D eigenvalue weighted by Crippen LogP contribution is -2.48. The lowest BCUT2D eigenvalue weighted by molar-refractivity contribution is 0.0913. The van der Waals surface area contributed by atoms with Gasteiger partial charge >= 0.3 is 0 Å². The SMILES string of the molecule is Cc1cccc(C(=O)NC(C)(C)CN)c1O. The lowest BCUT2D eigenvalue weighted by Gasteiger charge is -2.24. The largest absolute Gasteiger partial charge is 0.507 e. The van der Waals surface area contributed by atoms with Gasteiger partial charge in [-0.1, -0.05) is 12.1 Å². The number of aryl methyl sites for hydroxylation is 1. The highest BCUT2D eigenvalue weighted by molar-refractivity contribution is 5.97. The van der Waals surface area contributed by atoms with E-state index in [2.05, 4.69) is 5.32 Å². The van der Waals surface area contributed by atoms with Gasteiger partial charge in [0.25, 0.3) is 5.91 Å². The van der Waals surface area contributed by atoms with Crippen LogP contribution in [0.25, 0.3) is 0 Å². The molecule has 1 amide bonds. The van der Waals surface area contributed by atoms with Gasteiger partial charge in [0.2, 0.25) is 0 Å². The number of nitrogens with one attached hydrogen (secondary N) is 1. The maximum atomic E-state index is 11.9. The van der Waals surface area contributed by atoms with E-state index in [4.69, 9.17) is 5.73 Å². The fourth-order valence-electron chi connectivity index (χ4n) is 1.27. The highest BCUT2D eigenvalue weighted by atomic mass is 16.3. The van der Waals surface area contributed by atoms with Gasteiger partial charge in [-0.05, 0) is 32.4 Å². The highest BCUT2D eigenvalue weighted by Gasteiger charge is 2.21. The number of aromatic hydroxyl groups is 1. The lowest BCUT2D eigenvalue weighted by atomic mass is 10.0. The molecule has 1 rings (SSSR count). The second-order valence-corrected chi connectivity index (χ2v) is 4.51. The molecule has 0 aliphatic heterocycles. The number of phenols is 1. The van der Waals surface area contributed by atoms with E-state index in [-0.39, 0.29) is 17.2 Å². The highest BCUT2D eigenvalue weighted by Crippen LogP contribution is 2.21. The Morgan fingerprint density at radius 3 is 2.69 bits per heavy atom. The molecule has 16 heavy (non-hydrogen) atoms. The summed E-state index contributed by atoms with van der Waals surface area (Å²) in [7, 11) is 0. The maximum absolute atomic E-state index is 11.9. The Labute approximate surface area is 95.5 Å². The second-order valence-electron chi connectivity index (χ2n) is 4.51. The van der Waals surface area contributed by atoms with Crippen molar-refractivity contribution >= 4 is 5.91 Å². The molecule has 4 N–H and O–H groups in total. The molecule has 4 nitrogen and oxygen atoms in total. The van der Waals surface area contributed by atoms with Crippen molar-refractivity contribution in [3.8, 4) is 5.75 Å². The first-order valence-corrected chi connectivity index (χ1v) is 5.18. The smallest absolute Gasteiger partial charge is 0.255 e. The number of nitrogens with two attached hydrogens (primary N) is 1. The van der Waals surface area contributed by atoms with Gasteiger partial charge in [-0.3, -0.25) is 4.79 Å². The number of amides is 1. The first-order chi connectivity index (χ1) is 7.37. The van der Waals surface area contributed by atoms with Crippen molar-refractivity contribution in [1.29, 1.82) is 0 Å². The van der Waals surface area contributed by atoms with E-state index < -0.39 is 5.54 Å². The third-order valence-corrected chi connectivity index (χ3v) is 2.44. The summed E-state index contributed by atoms with van der Waals surface area (Å²) >= 11 is 0. The van der Waals surface area contributed by atoms with Gasteiger partial charge in [0.15, 0.2) is 0 Å². The van der Waals surface area contributed by atoms with Crippen LogP contribution in [0.5, 0.6) is 5.75 Å². The number of carbonyl (C=O) groups is 1. The molecule has 1 aromatic rings. The molecular formula is C12H18N2O2. The average Bonchev–Trinajstić information content (AvgIpc) is 2.21. The Hall–Kier alpha value is -1.55. The van der Waals surface area contributed by atoms with Crippen molar-refractivity contribution in [2.24, 2.45) is 5.73 Å². The molecule has 0 heterocycles. The molecule has 0 aliphatic carbocycles. The summed E-state index contributed by atoms with van der Waals surface area (Å²) in [5.74, 6) is -0.288. The van der Waals surface area contributed by atoms with E-state index in [9.17, 15) is 9.90 Å². The summed E-state index contributed by atoms with van der Waals surface area (Å²) in [6, 6.07) is 5.07. The molecule has 0 aromatic heterocycles. The van der Waals surface area contributed by atoms with Gasteiger partial charge in [0.05, 0.1) is 5.56 Å². The van der Waals surface area contributed by atoms with Crippen LogP contribution >= 0.6 is 0 Å². The monoisotopic (exact) mass is 222 g/mol. The van der Waals surface area contributed by atoms with Crippen LogP contribution in [-0.2, 0) is 0 Å². The predicted molar refractivity (Wildman–Crippen MR) is 63.4 cm³/mol. The Morgan fingerprint density at radius 1 is 1.50 bits per heavy atom. The Morgan fingerprint density at radius 2 is 2.12 bits per heavy atom. The summed E-state index contributed by atoms with van der Waals surface area (Å²) in [5.41, 5.74) is 6.00. The van der Waals surface area contributed by atoms with E-state index in [0.717, 1.165) is 0 Å². The summed E-state index contributed by atoms with van der Waals surface area (Å²) in [4.78, 5) is 11.9. The third-order valence-electron chi connectivity index (χ3n) is 2.44. The second kappa shape index (κ2) is 4.53. The molecule has 0 radical (unpaired) electrons. The fraction of sp³-hybridized carbons (Fsp3) is 0.417. The van der Waals surface area contributed by atoms with E-state index in [1.165, 1.54) is 0 Å². The van der Waals surface area contributed by atoms with Crippen LogP contribution in [0, 0.1) is 6.92 Å². The van der Waals surface area contributed by atoms with Crippen LogP contribution in [0.1, 0.15) is 29.8 Å². The van der Waals surface area contributed by atoms with Crippen molar-refractivity contribution in [3.63, 3.8) is 0 Å². The van der Waals surface area contributed by atoms with Crippen LogP contribution < -0.4 is 11.1 Å². The minimum atomic E-state index is -0.479. The van der Waals surface area contributed by atoms with Crippen molar-refractivity contribution in [2.45, 2.75) is 26.3 Å². The van der Waals surface area contributed by atoms with Gasteiger partial charge in [-0.2, -0.15) is 0 Å². The molecule has 0 fully saturated rings. The minimum absolute atomic E-state index is 0.0211. The van der Waals surface area contributed by atoms with Crippen LogP contribution in [0.4, 0.5) is 0 Å². The van der Waals surface area contributed by atoms with Crippen molar-refractivity contribution in [1.82, 2.24) is 5.32 Å². The molecule has 88 valence electrons. The number of phenolic OH excluding ortho intramolecular Hbond substituents is 1. The van der Waals surface area contributed by atoms with Gasteiger partial charge in [0, 0.05) is 12.1 Å². The maximum Gasteiger partial charge on any atom is 0.255 e. The molecule has 4 heteroatoms. The van der Waals surface area contributed by atoms with E-state index in [1.807, 2.05) is 13.8 Å². The third kappa shape index (κ3) is 2.73. The summed E-state index contributed by atoms with van der Waals surface area (Å²) in [5, 5.41) is 12.5. The predicted octanol–water partition coefficient (Wildman–Crippen LogP) is 1.17. The Bertz CT molecular complexity index is 400. The molecule has 0 aliphatic rings. The molecule has 0 atom stereocenters. The number of hydrogen-bond acceptors (Lipinski definition) is 3. The first-order valence-electron chi connectivity index (χ1n) is 5.18. The fourth-order valence-corrected chi connectivity index (χ4v) is 1.27. The van der Waals surface area contributed by atoms with Crippen LogP contribution in [0.15, 0.2) is 18.2 Å². The average molecular weight is 222 g/mol. The zero-order chi connectivity index (χ0) is 12.3. The topological polar surface area (TPSA) is 75.4 Å². The summed E-state index contributed by atoms with van der Waals surface area (Å²) in [6.45, 7) is 5.75. The van der Waals surface area contributed by atoms with Crippen LogP contribution in [0.2, 0.25) is 0 Å². The van der Waals surface area contributed by atoms with E-state index >= 15 is 0 Å². The summed E-state index contributed by atoms with van der Waals surface area (Å²) < 4.78 is 0. The summed E-state index contributed by atoms with van der Waals surface area (Å²) in [6.07, 6.45) is 0. The molecule has 1 aromatic carbocycles. The Balaban J connectivity index is 2.94. The first kappa shape index (κ1) is 12.5. The number of rotatable bonds is 3. The quantitative estimate of drug-likeness (QED) is 0.718. The van der Waals surface area contributed by atoms with E-state index in [1.54, 1.807) is 25.1 Å². The standard InChI is InChI=1S/C12H18N2O2/c1-8-5-4-6-9(10(8)15)11(16)14-12(2,3)7-13/h4-6,15H,7,13H2,1-3H3,(H,14,16). The molecule has 0 spiro atoms. The Kier molecular flexibility index (Phi) is 3.55. The number of hydrogen-bond donors (Lipinski definition) is 3. The van der Waals surface area contributed by atoms with Gasteiger partial charge in [-0.15, -0.1) is 0 Å². The van der Waals surface area contributed by atoms with Crippen LogP contribution in [-0.4, -0.2) is 23.1 Å². The van der Waals surface area contributed by atoms with Crippen molar-refractivity contribution < 1.29 is 9.90 Å². The normalized spacial score (nSPS) is 11.2. The zero-order valence-corrected chi connectivity index (χ0v) is 9.87.